The Kier molecular flexibility index (Phi) is 5.65. The molecule has 23 heavy (non-hydrogen) atoms. The van der Waals surface area contributed by atoms with E-state index in [-0.39, 0.29) is 0 Å². The first-order valence-corrected chi connectivity index (χ1v) is 9.14. The number of nitrogens with zero attached hydrogens (tertiary/aromatic N) is 1. The quantitative estimate of drug-likeness (QED) is 0.761. The normalized spacial score (nSPS) is 15.3. The maximum Gasteiger partial charge on any atom is 0.122 e. The molecule has 5 heteroatoms. The molecule has 3 nitrogen and oxygen atoms in total. The van der Waals surface area contributed by atoms with Crippen LogP contribution in [0.1, 0.15) is 5.56 Å². The summed E-state index contributed by atoms with van der Waals surface area (Å²) in [6.45, 7) is 3.41. The molecule has 0 radical (unpaired) electrons. The van der Waals surface area contributed by atoms with Gasteiger partial charge in [0.25, 0.3) is 0 Å². The zero-order valence-corrected chi connectivity index (χ0v) is 15.0. The van der Waals surface area contributed by atoms with Crippen LogP contribution in [0.15, 0.2) is 57.2 Å². The van der Waals surface area contributed by atoms with Gasteiger partial charge in [-0.1, -0.05) is 45.9 Å². The van der Waals surface area contributed by atoms with Crippen molar-refractivity contribution in [2.24, 2.45) is 0 Å². The molecule has 2 aromatic carbocycles. The van der Waals surface area contributed by atoms with Crippen molar-refractivity contribution in [3.63, 3.8) is 0 Å². The first-order valence-electron chi connectivity index (χ1n) is 7.47. The maximum absolute atomic E-state index is 9.78. The molecule has 0 aliphatic carbocycles. The summed E-state index contributed by atoms with van der Waals surface area (Å²) in [4.78, 5) is 3.50. The fourth-order valence-corrected chi connectivity index (χ4v) is 3.82. The zero-order chi connectivity index (χ0) is 16.1. The number of anilines is 1. The monoisotopic (exact) mass is 391 g/mol. The van der Waals surface area contributed by atoms with Gasteiger partial charge < -0.3 is 14.7 Å². The van der Waals surface area contributed by atoms with Crippen LogP contribution < -0.4 is 4.90 Å². The van der Waals surface area contributed by atoms with Crippen molar-refractivity contribution in [2.45, 2.75) is 4.90 Å². The summed E-state index contributed by atoms with van der Waals surface area (Å²) in [7, 11) is 0. The SMILES string of the molecule is Oc1ccccc1C=CSc1cc(Br)cc(N2CCOCC2)c1. The van der Waals surface area contributed by atoms with Crippen molar-refractivity contribution in [1.29, 1.82) is 0 Å². The van der Waals surface area contributed by atoms with Crippen LogP contribution in [-0.2, 0) is 4.74 Å². The van der Waals surface area contributed by atoms with Crippen LogP contribution in [0.4, 0.5) is 5.69 Å². The Labute approximate surface area is 149 Å². The topological polar surface area (TPSA) is 32.7 Å². The van der Waals surface area contributed by atoms with Crippen LogP contribution in [0.25, 0.3) is 6.08 Å². The van der Waals surface area contributed by atoms with E-state index in [0.717, 1.165) is 41.2 Å². The van der Waals surface area contributed by atoms with Crippen molar-refractivity contribution in [3.05, 3.63) is 57.9 Å². The predicted molar refractivity (Wildman–Crippen MR) is 100 cm³/mol. The summed E-state index contributed by atoms with van der Waals surface area (Å²) >= 11 is 5.23. The lowest BCUT2D eigenvalue weighted by Crippen LogP contribution is -2.36. The summed E-state index contributed by atoms with van der Waals surface area (Å²) in [5.74, 6) is 0.299. The highest BCUT2D eigenvalue weighted by Crippen LogP contribution is 2.31. The highest BCUT2D eigenvalue weighted by atomic mass is 79.9. The molecule has 0 saturated carbocycles. The molecule has 0 bridgehead atoms. The third-order valence-corrected chi connectivity index (χ3v) is 4.86. The summed E-state index contributed by atoms with van der Waals surface area (Å²) in [5.41, 5.74) is 2.03. The number of benzene rings is 2. The van der Waals surface area contributed by atoms with Gasteiger partial charge in [-0.25, -0.2) is 0 Å². The molecule has 1 N–H and O–H groups in total. The summed E-state index contributed by atoms with van der Waals surface area (Å²) in [6.07, 6.45) is 1.93. The number of phenolic OH excluding ortho intramolecular Hbond substituents is 1. The Bertz CT molecular complexity index is 699. The van der Waals surface area contributed by atoms with Crippen LogP contribution >= 0.6 is 27.7 Å². The number of morpholine rings is 1. The van der Waals surface area contributed by atoms with Gasteiger partial charge in [0.2, 0.25) is 0 Å². The molecule has 1 aliphatic heterocycles. The van der Waals surface area contributed by atoms with E-state index >= 15 is 0 Å². The Morgan fingerprint density at radius 3 is 2.70 bits per heavy atom. The second-order valence-corrected chi connectivity index (χ2v) is 7.12. The van der Waals surface area contributed by atoms with Crippen molar-refractivity contribution < 1.29 is 9.84 Å². The van der Waals surface area contributed by atoms with Crippen molar-refractivity contribution in [3.8, 4) is 5.75 Å². The van der Waals surface area contributed by atoms with Crippen molar-refractivity contribution >= 4 is 39.5 Å². The molecule has 1 aliphatic rings. The molecular formula is C18H18BrNO2S. The number of ether oxygens (including phenoxy) is 1. The lowest BCUT2D eigenvalue weighted by atomic mass is 10.2. The number of aromatic hydroxyl groups is 1. The molecule has 0 aromatic heterocycles. The average Bonchev–Trinajstić information content (AvgIpc) is 2.57. The Morgan fingerprint density at radius 2 is 1.91 bits per heavy atom. The number of hydrogen-bond acceptors (Lipinski definition) is 4. The summed E-state index contributed by atoms with van der Waals surface area (Å²) in [6, 6.07) is 13.8. The maximum atomic E-state index is 9.78. The first kappa shape index (κ1) is 16.4. The van der Waals surface area contributed by atoms with E-state index in [1.54, 1.807) is 17.8 Å². The highest BCUT2D eigenvalue weighted by Gasteiger charge is 2.12. The fraction of sp³-hybridized carbons (Fsp3) is 0.222. The Hall–Kier alpha value is -1.43. The predicted octanol–water partition coefficient (Wildman–Crippen LogP) is 4.75. The molecule has 2 aromatic rings. The van der Waals surface area contributed by atoms with E-state index in [4.69, 9.17) is 4.74 Å². The van der Waals surface area contributed by atoms with E-state index in [1.807, 2.05) is 29.7 Å². The van der Waals surface area contributed by atoms with Crippen molar-refractivity contribution in [2.75, 3.05) is 31.2 Å². The minimum absolute atomic E-state index is 0.299. The molecule has 0 unspecified atom stereocenters. The van der Waals surface area contributed by atoms with Gasteiger partial charge in [-0.3, -0.25) is 0 Å². The molecule has 1 heterocycles. The number of rotatable bonds is 4. The first-order chi connectivity index (χ1) is 11.2. The second kappa shape index (κ2) is 7.90. The van der Waals surface area contributed by atoms with E-state index in [0.29, 0.717) is 5.75 Å². The van der Waals surface area contributed by atoms with Gasteiger partial charge in [0.15, 0.2) is 0 Å². The number of hydrogen-bond donors (Lipinski definition) is 1. The number of phenols is 1. The van der Waals surface area contributed by atoms with E-state index in [2.05, 4.69) is 39.0 Å². The molecule has 120 valence electrons. The lowest BCUT2D eigenvalue weighted by molar-refractivity contribution is 0.122. The standard InChI is InChI=1S/C18H18BrNO2S/c19-15-11-16(20-6-8-22-9-7-20)13-17(12-15)23-10-5-14-3-1-2-4-18(14)21/h1-5,10-13,21H,6-9H2. The fourth-order valence-electron chi connectivity index (χ4n) is 2.43. The number of thioether (sulfide) groups is 1. The summed E-state index contributed by atoms with van der Waals surface area (Å²) in [5, 5.41) is 11.8. The van der Waals surface area contributed by atoms with Gasteiger partial charge >= 0.3 is 0 Å². The average molecular weight is 392 g/mol. The molecular weight excluding hydrogens is 374 g/mol. The van der Waals surface area contributed by atoms with Gasteiger partial charge in [-0.05, 0) is 35.7 Å². The molecule has 1 saturated heterocycles. The zero-order valence-electron chi connectivity index (χ0n) is 12.6. The largest absolute Gasteiger partial charge is 0.507 e. The number of halogens is 1. The second-order valence-electron chi connectivity index (χ2n) is 5.22. The lowest BCUT2D eigenvalue weighted by Gasteiger charge is -2.29. The van der Waals surface area contributed by atoms with Gasteiger partial charge in [0.05, 0.1) is 13.2 Å². The van der Waals surface area contributed by atoms with Crippen LogP contribution in [0.3, 0.4) is 0 Å². The van der Waals surface area contributed by atoms with E-state index in [9.17, 15) is 5.11 Å². The third kappa shape index (κ3) is 4.53. The van der Waals surface area contributed by atoms with Crippen LogP contribution in [0, 0.1) is 0 Å². The molecule has 0 atom stereocenters. The van der Waals surface area contributed by atoms with Gasteiger partial charge in [-0.15, -0.1) is 0 Å². The Morgan fingerprint density at radius 1 is 1.13 bits per heavy atom. The molecule has 0 spiro atoms. The van der Waals surface area contributed by atoms with E-state index < -0.39 is 0 Å². The van der Waals surface area contributed by atoms with Crippen LogP contribution in [0.2, 0.25) is 0 Å². The smallest absolute Gasteiger partial charge is 0.122 e. The number of para-hydroxylation sites is 1. The molecule has 0 amide bonds. The minimum Gasteiger partial charge on any atom is -0.507 e. The van der Waals surface area contributed by atoms with Crippen LogP contribution in [-0.4, -0.2) is 31.4 Å². The van der Waals surface area contributed by atoms with Gasteiger partial charge in [0, 0.05) is 33.7 Å². The minimum atomic E-state index is 0.299. The third-order valence-electron chi connectivity index (χ3n) is 3.62. The molecule has 1 fully saturated rings. The van der Waals surface area contributed by atoms with E-state index in [1.165, 1.54) is 5.69 Å². The summed E-state index contributed by atoms with van der Waals surface area (Å²) < 4.78 is 6.48. The highest BCUT2D eigenvalue weighted by molar-refractivity contribution is 9.10. The van der Waals surface area contributed by atoms with Gasteiger partial charge in [-0.2, -0.15) is 0 Å². The molecule has 3 rings (SSSR count). The Balaban J connectivity index is 1.72. The van der Waals surface area contributed by atoms with Crippen LogP contribution in [0.5, 0.6) is 5.75 Å². The van der Waals surface area contributed by atoms with Crippen molar-refractivity contribution in [1.82, 2.24) is 0 Å². The van der Waals surface area contributed by atoms with Gasteiger partial charge in [0.1, 0.15) is 5.75 Å².